The zero-order chi connectivity index (χ0) is 15.4. The van der Waals surface area contributed by atoms with Gasteiger partial charge in [0.25, 0.3) is 0 Å². The van der Waals surface area contributed by atoms with E-state index in [1.54, 1.807) is 12.1 Å². The van der Waals surface area contributed by atoms with E-state index in [4.69, 9.17) is 9.47 Å². The van der Waals surface area contributed by atoms with Gasteiger partial charge in [0, 0.05) is 18.3 Å². The van der Waals surface area contributed by atoms with Crippen LogP contribution in [0.3, 0.4) is 0 Å². The third-order valence-electron chi connectivity index (χ3n) is 3.37. The molecule has 1 N–H and O–H groups in total. The van der Waals surface area contributed by atoms with Crippen molar-refractivity contribution < 1.29 is 14.3 Å². The van der Waals surface area contributed by atoms with Crippen molar-refractivity contribution in [2.24, 2.45) is 0 Å². The van der Waals surface area contributed by atoms with Gasteiger partial charge in [-0.15, -0.1) is 0 Å². The topological polar surface area (TPSA) is 50.8 Å². The minimum atomic E-state index is -0.0581. The second kappa shape index (κ2) is 6.49. The largest absolute Gasteiger partial charge is 0.454 e. The van der Waals surface area contributed by atoms with Gasteiger partial charge in [0.15, 0.2) is 11.5 Å². The number of fused-ring (bicyclic) bond motifs is 1. The second-order valence-electron chi connectivity index (χ2n) is 5.27. The van der Waals surface area contributed by atoms with Crippen molar-refractivity contribution in [3.05, 3.63) is 54.1 Å². The van der Waals surface area contributed by atoms with Crippen LogP contribution in [0.15, 0.2) is 48.5 Å². The highest BCUT2D eigenvalue weighted by Crippen LogP contribution is 2.34. The van der Waals surface area contributed by atoms with Gasteiger partial charge in [0.2, 0.25) is 12.7 Å². The van der Waals surface area contributed by atoms with Crippen LogP contribution >= 0.6 is 0 Å². The summed E-state index contributed by atoms with van der Waals surface area (Å²) in [7, 11) is 1.92. The zero-order valence-electron chi connectivity index (χ0n) is 12.4. The Morgan fingerprint density at radius 1 is 1.14 bits per heavy atom. The number of ether oxygens (including phenoxy) is 2. The minimum absolute atomic E-state index is 0.0581. The van der Waals surface area contributed by atoms with Crippen LogP contribution in [0.5, 0.6) is 11.5 Å². The molecule has 0 fully saturated rings. The molecule has 0 radical (unpaired) electrons. The number of likely N-dealkylation sites (N-methyl/N-ethyl adjacent to an activating group) is 1. The average Bonchev–Trinajstić information content (AvgIpc) is 2.95. The van der Waals surface area contributed by atoms with Crippen LogP contribution in [0.1, 0.15) is 5.56 Å². The van der Waals surface area contributed by atoms with Crippen molar-refractivity contribution >= 4 is 11.6 Å². The first-order chi connectivity index (χ1) is 10.7. The molecule has 0 aromatic heterocycles. The molecule has 0 aliphatic carbocycles. The smallest absolute Gasteiger partial charge is 0.238 e. The normalized spacial score (nSPS) is 12.5. The minimum Gasteiger partial charge on any atom is -0.454 e. The van der Waals surface area contributed by atoms with Crippen molar-refractivity contribution in [1.82, 2.24) is 4.90 Å². The number of rotatable bonds is 5. The molecule has 1 amide bonds. The fourth-order valence-corrected chi connectivity index (χ4v) is 2.37. The van der Waals surface area contributed by atoms with Gasteiger partial charge in [0.05, 0.1) is 6.54 Å². The van der Waals surface area contributed by atoms with E-state index in [1.807, 2.05) is 48.3 Å². The molecule has 1 aliphatic rings. The molecule has 1 heterocycles. The summed E-state index contributed by atoms with van der Waals surface area (Å²) in [6, 6.07) is 15.5. The number of carbonyl (C=O) groups excluding carboxylic acids is 1. The van der Waals surface area contributed by atoms with E-state index < -0.39 is 0 Å². The van der Waals surface area contributed by atoms with Crippen LogP contribution in [-0.2, 0) is 11.3 Å². The number of carbonyl (C=O) groups is 1. The maximum atomic E-state index is 12.1. The highest BCUT2D eigenvalue weighted by molar-refractivity contribution is 5.92. The maximum absolute atomic E-state index is 12.1. The van der Waals surface area contributed by atoms with Crippen molar-refractivity contribution in [2.75, 3.05) is 25.7 Å². The summed E-state index contributed by atoms with van der Waals surface area (Å²) in [6.45, 7) is 1.28. The van der Waals surface area contributed by atoms with Crippen molar-refractivity contribution in [3.63, 3.8) is 0 Å². The number of nitrogens with one attached hydrogen (secondary N) is 1. The summed E-state index contributed by atoms with van der Waals surface area (Å²) < 4.78 is 10.5. The van der Waals surface area contributed by atoms with Crippen molar-refractivity contribution in [2.45, 2.75) is 6.54 Å². The van der Waals surface area contributed by atoms with Gasteiger partial charge < -0.3 is 14.8 Å². The van der Waals surface area contributed by atoms with Crippen LogP contribution in [0.4, 0.5) is 5.69 Å². The molecule has 5 heteroatoms. The number of hydrogen-bond acceptors (Lipinski definition) is 4. The molecule has 0 saturated heterocycles. The van der Waals surface area contributed by atoms with E-state index in [1.165, 1.54) is 5.56 Å². The molecule has 0 bridgehead atoms. The number of amides is 1. The van der Waals surface area contributed by atoms with Crippen LogP contribution in [0.2, 0.25) is 0 Å². The van der Waals surface area contributed by atoms with Crippen molar-refractivity contribution in [1.29, 1.82) is 0 Å². The molecule has 5 nitrogen and oxygen atoms in total. The summed E-state index contributed by atoms with van der Waals surface area (Å²) in [5, 5.41) is 2.87. The molecular formula is C17H18N2O3. The van der Waals surface area contributed by atoms with Crippen LogP contribution in [0, 0.1) is 0 Å². The Labute approximate surface area is 129 Å². The molecule has 3 rings (SSSR count). The lowest BCUT2D eigenvalue weighted by atomic mass is 10.2. The maximum Gasteiger partial charge on any atom is 0.238 e. The van der Waals surface area contributed by atoms with E-state index in [0.29, 0.717) is 23.7 Å². The van der Waals surface area contributed by atoms with Gasteiger partial charge >= 0.3 is 0 Å². The summed E-state index contributed by atoms with van der Waals surface area (Å²) >= 11 is 0. The highest BCUT2D eigenvalue weighted by atomic mass is 16.7. The Kier molecular flexibility index (Phi) is 4.25. The Hall–Kier alpha value is -2.53. The Morgan fingerprint density at radius 3 is 2.73 bits per heavy atom. The van der Waals surface area contributed by atoms with Gasteiger partial charge in [-0.1, -0.05) is 30.3 Å². The third-order valence-corrected chi connectivity index (χ3v) is 3.37. The van der Waals surface area contributed by atoms with E-state index in [-0.39, 0.29) is 12.7 Å². The first-order valence-electron chi connectivity index (χ1n) is 7.13. The monoisotopic (exact) mass is 298 g/mol. The quantitative estimate of drug-likeness (QED) is 0.921. The predicted octanol–water partition coefficient (Wildman–Crippen LogP) is 2.49. The molecule has 1 aliphatic heterocycles. The molecule has 0 unspecified atom stereocenters. The van der Waals surface area contributed by atoms with E-state index in [2.05, 4.69) is 5.32 Å². The summed E-state index contributed by atoms with van der Waals surface area (Å²) in [5.41, 5.74) is 1.89. The van der Waals surface area contributed by atoms with Gasteiger partial charge in [-0.3, -0.25) is 9.69 Å². The molecule has 2 aromatic rings. The van der Waals surface area contributed by atoms with Crippen LogP contribution in [0.25, 0.3) is 0 Å². The summed E-state index contributed by atoms with van der Waals surface area (Å²) in [4.78, 5) is 14.1. The number of benzene rings is 2. The molecule has 0 saturated carbocycles. The molecule has 0 atom stereocenters. The lowest BCUT2D eigenvalue weighted by Gasteiger charge is -2.16. The van der Waals surface area contributed by atoms with Crippen LogP contribution < -0.4 is 14.8 Å². The molecule has 22 heavy (non-hydrogen) atoms. The third kappa shape index (κ3) is 3.56. The highest BCUT2D eigenvalue weighted by Gasteiger charge is 2.14. The van der Waals surface area contributed by atoms with Gasteiger partial charge in [-0.25, -0.2) is 0 Å². The first kappa shape index (κ1) is 14.4. The number of nitrogens with zero attached hydrogens (tertiary/aromatic N) is 1. The molecule has 0 spiro atoms. The first-order valence-corrected chi connectivity index (χ1v) is 7.13. The molecular weight excluding hydrogens is 280 g/mol. The molecule has 114 valence electrons. The predicted molar refractivity (Wildman–Crippen MR) is 84.0 cm³/mol. The molecule has 2 aromatic carbocycles. The van der Waals surface area contributed by atoms with Crippen LogP contribution in [-0.4, -0.2) is 31.2 Å². The Bertz CT molecular complexity index is 658. The van der Waals surface area contributed by atoms with Gasteiger partial charge in [-0.05, 0) is 24.7 Å². The number of anilines is 1. The lowest BCUT2D eigenvalue weighted by Crippen LogP contribution is -2.29. The van der Waals surface area contributed by atoms with E-state index in [0.717, 1.165) is 6.54 Å². The Balaban J connectivity index is 1.54. The fraction of sp³-hybridized carbons (Fsp3) is 0.235. The average molecular weight is 298 g/mol. The second-order valence-corrected chi connectivity index (χ2v) is 5.27. The zero-order valence-corrected chi connectivity index (χ0v) is 12.4. The van der Waals surface area contributed by atoms with Gasteiger partial charge in [0.1, 0.15) is 0 Å². The van der Waals surface area contributed by atoms with E-state index in [9.17, 15) is 4.79 Å². The Morgan fingerprint density at radius 2 is 1.91 bits per heavy atom. The summed E-state index contributed by atoms with van der Waals surface area (Å²) in [6.07, 6.45) is 0. The van der Waals surface area contributed by atoms with Crippen molar-refractivity contribution in [3.8, 4) is 11.5 Å². The number of hydrogen-bond donors (Lipinski definition) is 1. The lowest BCUT2D eigenvalue weighted by molar-refractivity contribution is -0.117. The SMILES string of the molecule is CN(CC(=O)Nc1ccc2c(c1)OCO2)Cc1ccccc1. The standard InChI is InChI=1S/C17H18N2O3/c1-19(10-13-5-3-2-4-6-13)11-17(20)18-14-7-8-15-16(9-14)22-12-21-15/h2-9H,10-12H2,1H3,(H,18,20). The van der Waals surface area contributed by atoms with E-state index >= 15 is 0 Å². The van der Waals surface area contributed by atoms with Gasteiger partial charge in [-0.2, -0.15) is 0 Å². The fourth-order valence-electron chi connectivity index (χ4n) is 2.37. The summed E-state index contributed by atoms with van der Waals surface area (Å²) in [5.74, 6) is 1.31.